The van der Waals surface area contributed by atoms with Crippen molar-refractivity contribution in [2.45, 2.75) is 25.0 Å². The van der Waals surface area contributed by atoms with Gasteiger partial charge in [-0.15, -0.1) is 0 Å². The van der Waals surface area contributed by atoms with Crippen molar-refractivity contribution < 1.29 is 24.2 Å². The highest BCUT2D eigenvalue weighted by Gasteiger charge is 2.44. The molecule has 0 aromatic rings. The number of nitrogens with zero attached hydrogens (tertiary/aromatic N) is 2. The van der Waals surface area contributed by atoms with Crippen molar-refractivity contribution in [1.82, 2.24) is 9.80 Å². The summed E-state index contributed by atoms with van der Waals surface area (Å²) in [4.78, 5) is 26.0. The first-order chi connectivity index (χ1) is 8.93. The number of aliphatic carboxylic acids is 1. The molecule has 0 bridgehead atoms. The second-order valence-corrected chi connectivity index (χ2v) is 5.36. The SMILES string of the molecule is COC1CCN(C(=O)N2CC(C)(OCC(=O)O)C2)C1. The third kappa shape index (κ3) is 3.16. The molecule has 1 N–H and O–H groups in total. The van der Waals surface area contributed by atoms with Crippen molar-refractivity contribution in [2.75, 3.05) is 39.9 Å². The minimum Gasteiger partial charge on any atom is -0.480 e. The van der Waals surface area contributed by atoms with Crippen molar-refractivity contribution >= 4 is 12.0 Å². The van der Waals surface area contributed by atoms with Crippen LogP contribution in [0.3, 0.4) is 0 Å². The third-order valence-corrected chi connectivity index (χ3v) is 3.61. The average molecular weight is 272 g/mol. The van der Waals surface area contributed by atoms with Crippen LogP contribution < -0.4 is 0 Å². The molecule has 1 unspecified atom stereocenters. The molecular weight excluding hydrogens is 252 g/mol. The Bertz CT molecular complexity index is 367. The number of hydrogen-bond acceptors (Lipinski definition) is 4. The van der Waals surface area contributed by atoms with E-state index in [2.05, 4.69) is 0 Å². The molecule has 1 atom stereocenters. The fourth-order valence-corrected chi connectivity index (χ4v) is 2.52. The Balaban J connectivity index is 1.77. The topological polar surface area (TPSA) is 79.3 Å². The lowest BCUT2D eigenvalue weighted by molar-refractivity contribution is -0.160. The lowest BCUT2D eigenvalue weighted by Gasteiger charge is -2.48. The molecule has 19 heavy (non-hydrogen) atoms. The van der Waals surface area contributed by atoms with Gasteiger partial charge in [-0.1, -0.05) is 0 Å². The van der Waals surface area contributed by atoms with E-state index in [1.54, 1.807) is 16.9 Å². The maximum absolute atomic E-state index is 12.1. The van der Waals surface area contributed by atoms with Crippen LogP contribution >= 0.6 is 0 Å². The summed E-state index contributed by atoms with van der Waals surface area (Å²) in [5.74, 6) is -0.992. The van der Waals surface area contributed by atoms with E-state index in [0.29, 0.717) is 26.2 Å². The lowest BCUT2D eigenvalue weighted by Crippen LogP contribution is -2.65. The van der Waals surface area contributed by atoms with Gasteiger partial charge in [0.1, 0.15) is 12.2 Å². The van der Waals surface area contributed by atoms with Crippen LogP contribution in [-0.2, 0) is 14.3 Å². The Morgan fingerprint density at radius 3 is 2.58 bits per heavy atom. The number of carboxylic acid groups (broad SMARTS) is 1. The highest BCUT2D eigenvalue weighted by atomic mass is 16.5. The Labute approximate surface area is 112 Å². The standard InChI is InChI=1S/C12H20N2O5/c1-12(19-6-10(15)16)7-14(8-12)11(17)13-4-3-9(5-13)18-2/h9H,3-8H2,1-2H3,(H,15,16). The van der Waals surface area contributed by atoms with Gasteiger partial charge in [0.15, 0.2) is 0 Å². The molecule has 2 aliphatic heterocycles. The summed E-state index contributed by atoms with van der Waals surface area (Å²) in [6.45, 7) is 3.70. The summed E-state index contributed by atoms with van der Waals surface area (Å²) in [6.07, 6.45) is 0.989. The van der Waals surface area contributed by atoms with Gasteiger partial charge >= 0.3 is 12.0 Å². The zero-order chi connectivity index (χ0) is 14.0. The van der Waals surface area contributed by atoms with E-state index in [4.69, 9.17) is 14.6 Å². The van der Waals surface area contributed by atoms with Crippen LogP contribution in [0.25, 0.3) is 0 Å². The molecule has 2 aliphatic rings. The number of carboxylic acids is 1. The molecule has 0 aromatic heterocycles. The molecule has 7 nitrogen and oxygen atoms in total. The fraction of sp³-hybridized carbons (Fsp3) is 0.833. The molecule has 7 heteroatoms. The molecule has 2 saturated heterocycles. The molecule has 2 amide bonds. The Morgan fingerprint density at radius 2 is 2.05 bits per heavy atom. The molecule has 2 rings (SSSR count). The number of carbonyl (C=O) groups excluding carboxylic acids is 1. The number of urea groups is 1. The summed E-state index contributed by atoms with van der Waals surface area (Å²) in [6, 6.07) is -0.0176. The number of carbonyl (C=O) groups is 2. The molecule has 0 aliphatic carbocycles. The molecule has 0 saturated carbocycles. The molecule has 0 spiro atoms. The first-order valence-electron chi connectivity index (χ1n) is 6.36. The van der Waals surface area contributed by atoms with Gasteiger partial charge in [-0.2, -0.15) is 0 Å². The van der Waals surface area contributed by atoms with E-state index in [-0.39, 0.29) is 18.7 Å². The molecular formula is C12H20N2O5. The van der Waals surface area contributed by atoms with Gasteiger partial charge in [-0.3, -0.25) is 0 Å². The average Bonchev–Trinajstić information content (AvgIpc) is 2.80. The van der Waals surface area contributed by atoms with E-state index in [1.165, 1.54) is 0 Å². The van der Waals surface area contributed by atoms with Crippen LogP contribution in [0.4, 0.5) is 4.79 Å². The Hall–Kier alpha value is -1.34. The van der Waals surface area contributed by atoms with Gasteiger partial charge < -0.3 is 24.4 Å². The van der Waals surface area contributed by atoms with Crippen LogP contribution in [-0.4, -0.2) is 78.5 Å². The monoisotopic (exact) mass is 272 g/mol. The second kappa shape index (κ2) is 5.34. The highest BCUT2D eigenvalue weighted by Crippen LogP contribution is 2.27. The van der Waals surface area contributed by atoms with Crippen molar-refractivity contribution in [1.29, 1.82) is 0 Å². The Morgan fingerprint density at radius 1 is 1.37 bits per heavy atom. The molecule has 2 fully saturated rings. The number of likely N-dealkylation sites (tertiary alicyclic amines) is 2. The van der Waals surface area contributed by atoms with E-state index < -0.39 is 11.6 Å². The number of methoxy groups -OCH3 is 1. The third-order valence-electron chi connectivity index (χ3n) is 3.61. The minimum absolute atomic E-state index is 0.0176. The van der Waals surface area contributed by atoms with Gasteiger partial charge in [0.05, 0.1) is 19.2 Å². The first kappa shape index (κ1) is 14.1. The normalized spacial score (nSPS) is 25.3. The van der Waals surface area contributed by atoms with Gasteiger partial charge in [-0.05, 0) is 13.3 Å². The van der Waals surface area contributed by atoms with Crippen LogP contribution in [0, 0.1) is 0 Å². The first-order valence-corrected chi connectivity index (χ1v) is 6.36. The highest BCUT2D eigenvalue weighted by molar-refractivity contribution is 5.76. The number of ether oxygens (including phenoxy) is 2. The summed E-state index contributed by atoms with van der Waals surface area (Å²) in [7, 11) is 1.65. The van der Waals surface area contributed by atoms with Gasteiger partial charge in [-0.25, -0.2) is 9.59 Å². The smallest absolute Gasteiger partial charge is 0.329 e. The summed E-state index contributed by atoms with van der Waals surface area (Å²) in [5.41, 5.74) is -0.533. The number of amides is 2. The molecule has 0 radical (unpaired) electrons. The van der Waals surface area contributed by atoms with Gasteiger partial charge in [0, 0.05) is 20.2 Å². The van der Waals surface area contributed by atoms with Crippen molar-refractivity contribution in [3.05, 3.63) is 0 Å². The number of rotatable bonds is 4. The van der Waals surface area contributed by atoms with Crippen LogP contribution in [0.2, 0.25) is 0 Å². The van der Waals surface area contributed by atoms with Crippen molar-refractivity contribution in [2.24, 2.45) is 0 Å². The maximum atomic E-state index is 12.1. The fourth-order valence-electron chi connectivity index (χ4n) is 2.52. The predicted octanol–water partition coefficient (Wildman–Crippen LogP) is 0.00260. The quantitative estimate of drug-likeness (QED) is 0.779. The number of hydrogen-bond donors (Lipinski definition) is 1. The zero-order valence-electron chi connectivity index (χ0n) is 11.3. The van der Waals surface area contributed by atoms with Gasteiger partial charge in [0.2, 0.25) is 0 Å². The molecule has 108 valence electrons. The summed E-state index contributed by atoms with van der Waals surface area (Å²) >= 11 is 0. The molecule has 2 heterocycles. The van der Waals surface area contributed by atoms with Crippen LogP contribution in [0.1, 0.15) is 13.3 Å². The van der Waals surface area contributed by atoms with Crippen LogP contribution in [0.15, 0.2) is 0 Å². The van der Waals surface area contributed by atoms with Gasteiger partial charge in [0.25, 0.3) is 0 Å². The van der Waals surface area contributed by atoms with Crippen LogP contribution in [0.5, 0.6) is 0 Å². The zero-order valence-corrected chi connectivity index (χ0v) is 11.3. The van der Waals surface area contributed by atoms with E-state index in [9.17, 15) is 9.59 Å². The predicted molar refractivity (Wildman–Crippen MR) is 65.9 cm³/mol. The van der Waals surface area contributed by atoms with Crippen molar-refractivity contribution in [3.63, 3.8) is 0 Å². The molecule has 0 aromatic carbocycles. The minimum atomic E-state index is -0.992. The summed E-state index contributed by atoms with van der Waals surface area (Å²) < 4.78 is 10.5. The van der Waals surface area contributed by atoms with E-state index in [1.807, 2.05) is 6.92 Å². The van der Waals surface area contributed by atoms with Crippen molar-refractivity contribution in [3.8, 4) is 0 Å². The Kier molecular flexibility index (Phi) is 3.96. The van der Waals surface area contributed by atoms with E-state index >= 15 is 0 Å². The van der Waals surface area contributed by atoms with E-state index in [0.717, 1.165) is 6.42 Å². The lowest BCUT2D eigenvalue weighted by atomic mass is 9.97. The second-order valence-electron chi connectivity index (χ2n) is 5.36. The largest absolute Gasteiger partial charge is 0.480 e. The maximum Gasteiger partial charge on any atom is 0.329 e. The summed E-state index contributed by atoms with van der Waals surface area (Å²) in [5, 5.41) is 8.57.